The molecule has 1 aliphatic heterocycles. The van der Waals surface area contributed by atoms with Gasteiger partial charge >= 0.3 is 0 Å². The highest BCUT2D eigenvalue weighted by molar-refractivity contribution is 5.76. The third-order valence-electron chi connectivity index (χ3n) is 4.53. The molecule has 1 N–H and O–H groups in total. The number of nitrogens with zero attached hydrogens (tertiary/aromatic N) is 1. The van der Waals surface area contributed by atoms with E-state index in [0.29, 0.717) is 18.4 Å². The van der Waals surface area contributed by atoms with E-state index in [4.69, 9.17) is 4.74 Å². The van der Waals surface area contributed by atoms with E-state index in [1.807, 2.05) is 30.1 Å². The van der Waals surface area contributed by atoms with Crippen LogP contribution in [-0.4, -0.2) is 44.1 Å². The number of amides is 1. The van der Waals surface area contributed by atoms with Crippen LogP contribution >= 0.6 is 0 Å². The first-order valence-electron chi connectivity index (χ1n) is 8.20. The quantitative estimate of drug-likeness (QED) is 0.878. The lowest BCUT2D eigenvalue weighted by molar-refractivity contribution is -0.133. The summed E-state index contributed by atoms with van der Waals surface area (Å²) in [5, 5.41) is 3.34. The smallest absolute Gasteiger partial charge is 0.222 e. The number of benzene rings is 1. The molecule has 1 heterocycles. The van der Waals surface area contributed by atoms with Gasteiger partial charge in [-0.25, -0.2) is 0 Å². The van der Waals surface area contributed by atoms with Crippen molar-refractivity contribution in [2.45, 2.75) is 38.6 Å². The van der Waals surface area contributed by atoms with Gasteiger partial charge < -0.3 is 15.0 Å². The Bertz CT molecular complexity index is 484. The van der Waals surface area contributed by atoms with Crippen LogP contribution in [0.1, 0.15) is 31.7 Å². The summed E-state index contributed by atoms with van der Waals surface area (Å²) < 4.78 is 5.39. The minimum atomic E-state index is 0.259. The molecule has 1 atom stereocenters. The predicted molar refractivity (Wildman–Crippen MR) is 89.1 cm³/mol. The number of rotatable bonds is 6. The standard InChI is InChI=1S/C18H28N2O2/c1-14(12-15-6-4-5-7-17(15)22-3)13-18(21)20(2)16-8-10-19-11-9-16/h4-7,14,16,19H,8-13H2,1-3H3. The second-order valence-electron chi connectivity index (χ2n) is 6.31. The van der Waals surface area contributed by atoms with E-state index >= 15 is 0 Å². The SMILES string of the molecule is COc1ccccc1CC(C)CC(=O)N(C)C1CCNCC1. The van der Waals surface area contributed by atoms with Gasteiger partial charge in [-0.3, -0.25) is 4.79 Å². The Hall–Kier alpha value is -1.55. The van der Waals surface area contributed by atoms with Gasteiger partial charge in [-0.15, -0.1) is 0 Å². The third-order valence-corrected chi connectivity index (χ3v) is 4.53. The molecule has 0 aliphatic carbocycles. The molecule has 1 aliphatic rings. The maximum atomic E-state index is 12.5. The van der Waals surface area contributed by atoms with Crippen LogP contribution < -0.4 is 10.1 Å². The molecule has 4 nitrogen and oxygen atoms in total. The molecular formula is C18H28N2O2. The minimum Gasteiger partial charge on any atom is -0.496 e. The molecule has 0 bridgehead atoms. The van der Waals surface area contributed by atoms with Gasteiger partial charge in [0, 0.05) is 19.5 Å². The number of carbonyl (C=O) groups is 1. The van der Waals surface area contributed by atoms with E-state index in [-0.39, 0.29) is 5.91 Å². The molecule has 2 rings (SSSR count). The van der Waals surface area contributed by atoms with Crippen molar-refractivity contribution in [2.24, 2.45) is 5.92 Å². The van der Waals surface area contributed by atoms with E-state index in [9.17, 15) is 4.79 Å². The van der Waals surface area contributed by atoms with E-state index in [1.54, 1.807) is 7.11 Å². The second-order valence-corrected chi connectivity index (χ2v) is 6.31. The zero-order chi connectivity index (χ0) is 15.9. The summed E-state index contributed by atoms with van der Waals surface area (Å²) in [6, 6.07) is 8.45. The van der Waals surface area contributed by atoms with Crippen LogP contribution in [0, 0.1) is 5.92 Å². The van der Waals surface area contributed by atoms with E-state index < -0.39 is 0 Å². The van der Waals surface area contributed by atoms with Crippen molar-refractivity contribution in [1.82, 2.24) is 10.2 Å². The van der Waals surface area contributed by atoms with Crippen molar-refractivity contribution in [2.75, 3.05) is 27.2 Å². The topological polar surface area (TPSA) is 41.6 Å². The lowest BCUT2D eigenvalue weighted by atomic mass is 9.96. The normalized spacial score (nSPS) is 17.0. The van der Waals surface area contributed by atoms with Gasteiger partial charge in [0.25, 0.3) is 0 Å². The third kappa shape index (κ3) is 4.47. The van der Waals surface area contributed by atoms with Crippen molar-refractivity contribution >= 4 is 5.91 Å². The maximum absolute atomic E-state index is 12.5. The number of carbonyl (C=O) groups excluding carboxylic acids is 1. The minimum absolute atomic E-state index is 0.259. The summed E-state index contributed by atoms with van der Waals surface area (Å²) in [6.45, 7) is 4.17. The molecule has 1 amide bonds. The highest BCUT2D eigenvalue weighted by Crippen LogP contribution is 2.23. The van der Waals surface area contributed by atoms with Gasteiger partial charge in [0.15, 0.2) is 0 Å². The lowest BCUT2D eigenvalue weighted by Crippen LogP contribution is -2.44. The van der Waals surface area contributed by atoms with Gasteiger partial charge in [-0.05, 0) is 49.9 Å². The van der Waals surface area contributed by atoms with Gasteiger partial charge in [-0.1, -0.05) is 25.1 Å². The summed E-state index contributed by atoms with van der Waals surface area (Å²) in [7, 11) is 3.65. The average molecular weight is 304 g/mol. The number of methoxy groups -OCH3 is 1. The number of para-hydroxylation sites is 1. The summed E-state index contributed by atoms with van der Waals surface area (Å²) in [5.41, 5.74) is 1.18. The Kier molecular flexibility index (Phi) is 6.25. The van der Waals surface area contributed by atoms with Crippen molar-refractivity contribution in [3.63, 3.8) is 0 Å². The summed E-state index contributed by atoms with van der Waals surface area (Å²) >= 11 is 0. The number of ether oxygens (including phenoxy) is 1. The molecule has 122 valence electrons. The fourth-order valence-corrected chi connectivity index (χ4v) is 3.16. The highest BCUT2D eigenvalue weighted by atomic mass is 16.5. The Morgan fingerprint density at radius 1 is 1.36 bits per heavy atom. The molecule has 0 spiro atoms. The number of nitrogens with one attached hydrogen (secondary N) is 1. The Morgan fingerprint density at radius 3 is 2.73 bits per heavy atom. The average Bonchev–Trinajstić information content (AvgIpc) is 2.55. The summed E-state index contributed by atoms with van der Waals surface area (Å²) in [5.74, 6) is 1.48. The van der Waals surface area contributed by atoms with Crippen LogP contribution in [-0.2, 0) is 11.2 Å². The van der Waals surface area contributed by atoms with Crippen LogP contribution in [0.25, 0.3) is 0 Å². The summed E-state index contributed by atoms with van der Waals surface area (Å²) in [4.78, 5) is 14.4. The van der Waals surface area contributed by atoms with Gasteiger partial charge in [0.1, 0.15) is 5.75 Å². The first-order chi connectivity index (χ1) is 10.6. The largest absolute Gasteiger partial charge is 0.496 e. The van der Waals surface area contributed by atoms with Crippen molar-refractivity contribution in [1.29, 1.82) is 0 Å². The summed E-state index contributed by atoms with van der Waals surface area (Å²) in [6.07, 6.45) is 3.58. The van der Waals surface area contributed by atoms with Crippen LogP contribution in [0.4, 0.5) is 0 Å². The van der Waals surface area contributed by atoms with Crippen molar-refractivity contribution in [3.05, 3.63) is 29.8 Å². The molecular weight excluding hydrogens is 276 g/mol. The van der Waals surface area contributed by atoms with Crippen LogP contribution in [0.2, 0.25) is 0 Å². The van der Waals surface area contributed by atoms with Crippen LogP contribution in [0.3, 0.4) is 0 Å². The van der Waals surface area contributed by atoms with E-state index in [2.05, 4.69) is 18.3 Å². The number of hydrogen-bond donors (Lipinski definition) is 1. The monoisotopic (exact) mass is 304 g/mol. The second kappa shape index (κ2) is 8.18. The fraction of sp³-hybridized carbons (Fsp3) is 0.611. The van der Waals surface area contributed by atoms with E-state index in [1.165, 1.54) is 5.56 Å². The van der Waals surface area contributed by atoms with Gasteiger partial charge in [0.05, 0.1) is 7.11 Å². The molecule has 0 aromatic heterocycles. The molecule has 1 aromatic carbocycles. The molecule has 4 heteroatoms. The molecule has 0 saturated carbocycles. The number of hydrogen-bond acceptors (Lipinski definition) is 3. The van der Waals surface area contributed by atoms with Crippen LogP contribution in [0.5, 0.6) is 5.75 Å². The molecule has 22 heavy (non-hydrogen) atoms. The Balaban J connectivity index is 1.87. The lowest BCUT2D eigenvalue weighted by Gasteiger charge is -2.32. The van der Waals surface area contributed by atoms with Crippen LogP contribution in [0.15, 0.2) is 24.3 Å². The van der Waals surface area contributed by atoms with Gasteiger partial charge in [0.2, 0.25) is 5.91 Å². The molecule has 1 unspecified atom stereocenters. The maximum Gasteiger partial charge on any atom is 0.222 e. The highest BCUT2D eigenvalue weighted by Gasteiger charge is 2.23. The predicted octanol–water partition coefficient (Wildman–Crippen LogP) is 2.47. The first-order valence-corrected chi connectivity index (χ1v) is 8.20. The zero-order valence-electron chi connectivity index (χ0n) is 14.0. The Morgan fingerprint density at radius 2 is 2.05 bits per heavy atom. The molecule has 0 radical (unpaired) electrons. The number of piperidine rings is 1. The fourth-order valence-electron chi connectivity index (χ4n) is 3.16. The zero-order valence-corrected chi connectivity index (χ0v) is 14.0. The molecule has 1 saturated heterocycles. The van der Waals surface area contributed by atoms with Crippen molar-refractivity contribution < 1.29 is 9.53 Å². The van der Waals surface area contributed by atoms with Gasteiger partial charge in [-0.2, -0.15) is 0 Å². The molecule has 1 aromatic rings. The first kappa shape index (κ1) is 16.8. The molecule has 1 fully saturated rings. The van der Waals surface area contributed by atoms with Crippen molar-refractivity contribution in [3.8, 4) is 5.75 Å². The van der Waals surface area contributed by atoms with E-state index in [0.717, 1.165) is 38.1 Å². The Labute approximate surface area is 133 Å².